The van der Waals surface area contributed by atoms with Gasteiger partial charge in [-0.1, -0.05) is 47.6 Å². The quantitative estimate of drug-likeness (QED) is 0.293. The standard InChI is InChI=1S/C23H23ClFN3O2S/c1-15-18(14-16-7-5-8-17(24)13-16)22(30)28(2)23(26-15)31-12-6-11-21(29)27-20-10-4-3-9-19(20)25/h3-5,7-10,13H,6,11-12,14H2,1-2H3,(H,27,29). The van der Waals surface area contributed by atoms with Gasteiger partial charge in [0.15, 0.2) is 5.16 Å². The van der Waals surface area contributed by atoms with Gasteiger partial charge in [-0.2, -0.15) is 0 Å². The Kier molecular flexibility index (Phi) is 7.87. The monoisotopic (exact) mass is 459 g/mol. The van der Waals surface area contributed by atoms with Crippen LogP contribution in [0.2, 0.25) is 5.02 Å². The van der Waals surface area contributed by atoms with Crippen LogP contribution >= 0.6 is 23.4 Å². The lowest BCUT2D eigenvalue weighted by Crippen LogP contribution is -2.25. The summed E-state index contributed by atoms with van der Waals surface area (Å²) in [6, 6.07) is 13.5. The van der Waals surface area contributed by atoms with Gasteiger partial charge in [0.2, 0.25) is 5.91 Å². The topological polar surface area (TPSA) is 64.0 Å². The molecule has 5 nitrogen and oxygen atoms in total. The number of thioether (sulfide) groups is 1. The maximum atomic E-state index is 13.6. The van der Waals surface area contributed by atoms with Gasteiger partial charge in [0.05, 0.1) is 5.69 Å². The number of carbonyl (C=O) groups excluding carboxylic acids is 1. The van der Waals surface area contributed by atoms with E-state index in [0.717, 1.165) is 5.56 Å². The molecule has 0 unspecified atom stereocenters. The van der Waals surface area contributed by atoms with Crippen molar-refractivity contribution in [1.29, 1.82) is 0 Å². The molecule has 0 radical (unpaired) electrons. The van der Waals surface area contributed by atoms with E-state index in [-0.39, 0.29) is 23.6 Å². The second kappa shape index (κ2) is 10.6. The van der Waals surface area contributed by atoms with E-state index in [1.807, 2.05) is 25.1 Å². The van der Waals surface area contributed by atoms with Crippen molar-refractivity contribution >= 4 is 35.0 Å². The van der Waals surface area contributed by atoms with Crippen LogP contribution in [0.3, 0.4) is 0 Å². The lowest BCUT2D eigenvalue weighted by atomic mass is 10.1. The van der Waals surface area contributed by atoms with E-state index in [1.54, 1.807) is 25.2 Å². The molecular weight excluding hydrogens is 437 g/mol. The highest BCUT2D eigenvalue weighted by Crippen LogP contribution is 2.20. The number of nitrogens with one attached hydrogen (secondary N) is 1. The summed E-state index contributed by atoms with van der Waals surface area (Å²) >= 11 is 7.46. The summed E-state index contributed by atoms with van der Waals surface area (Å²) in [5.74, 6) is -0.101. The molecule has 31 heavy (non-hydrogen) atoms. The summed E-state index contributed by atoms with van der Waals surface area (Å²) < 4.78 is 15.1. The average molecular weight is 460 g/mol. The normalized spacial score (nSPS) is 10.8. The second-order valence-electron chi connectivity index (χ2n) is 7.11. The molecule has 0 fully saturated rings. The molecule has 0 saturated carbocycles. The average Bonchev–Trinajstić information content (AvgIpc) is 2.74. The van der Waals surface area contributed by atoms with Gasteiger partial charge in [0.25, 0.3) is 5.56 Å². The maximum absolute atomic E-state index is 13.6. The number of rotatable bonds is 8. The Morgan fingerprint density at radius 2 is 2.00 bits per heavy atom. The minimum absolute atomic E-state index is 0.0905. The fourth-order valence-corrected chi connectivity index (χ4v) is 4.25. The first-order valence-corrected chi connectivity index (χ1v) is 11.2. The molecule has 2 aromatic carbocycles. The van der Waals surface area contributed by atoms with E-state index in [4.69, 9.17) is 11.6 Å². The van der Waals surface area contributed by atoms with Crippen molar-refractivity contribution in [3.8, 4) is 0 Å². The number of aryl methyl sites for hydroxylation is 1. The largest absolute Gasteiger partial charge is 0.324 e. The van der Waals surface area contributed by atoms with Gasteiger partial charge in [-0.25, -0.2) is 9.37 Å². The molecule has 0 atom stereocenters. The van der Waals surface area contributed by atoms with E-state index in [2.05, 4.69) is 10.3 Å². The molecule has 0 aliphatic heterocycles. The summed E-state index contributed by atoms with van der Waals surface area (Å²) in [5, 5.41) is 3.80. The Labute approximate surface area is 189 Å². The zero-order valence-corrected chi connectivity index (χ0v) is 18.9. The molecule has 162 valence electrons. The number of carbonyl (C=O) groups is 1. The molecule has 0 bridgehead atoms. The number of nitrogens with zero attached hydrogens (tertiary/aromatic N) is 2. The van der Waals surface area contributed by atoms with Gasteiger partial charge >= 0.3 is 0 Å². The number of hydrogen-bond acceptors (Lipinski definition) is 4. The third-order valence-corrected chi connectivity index (χ3v) is 6.10. The fourth-order valence-electron chi connectivity index (χ4n) is 3.09. The Bertz CT molecular complexity index is 1150. The van der Waals surface area contributed by atoms with Crippen LogP contribution in [0.4, 0.5) is 10.1 Å². The van der Waals surface area contributed by atoms with Crippen LogP contribution in [0.5, 0.6) is 0 Å². The number of aromatic nitrogens is 2. The third-order valence-electron chi connectivity index (χ3n) is 4.75. The van der Waals surface area contributed by atoms with Crippen LogP contribution in [-0.2, 0) is 18.3 Å². The number of halogens is 2. The van der Waals surface area contributed by atoms with Gasteiger partial charge < -0.3 is 5.32 Å². The van der Waals surface area contributed by atoms with Crippen LogP contribution in [0.25, 0.3) is 0 Å². The van der Waals surface area contributed by atoms with E-state index < -0.39 is 5.82 Å². The summed E-state index contributed by atoms with van der Waals surface area (Å²) in [6.07, 6.45) is 1.29. The number of amides is 1. The van der Waals surface area contributed by atoms with Crippen molar-refractivity contribution < 1.29 is 9.18 Å². The van der Waals surface area contributed by atoms with E-state index in [0.29, 0.717) is 40.0 Å². The third kappa shape index (κ3) is 6.18. The van der Waals surface area contributed by atoms with Gasteiger partial charge in [-0.05, 0) is 43.2 Å². The zero-order valence-electron chi connectivity index (χ0n) is 17.3. The molecule has 1 N–H and O–H groups in total. The maximum Gasteiger partial charge on any atom is 0.257 e. The van der Waals surface area contributed by atoms with Crippen molar-refractivity contribution in [3.63, 3.8) is 0 Å². The van der Waals surface area contributed by atoms with Gasteiger partial charge in [0.1, 0.15) is 5.82 Å². The summed E-state index contributed by atoms with van der Waals surface area (Å²) in [5.41, 5.74) is 2.36. The Balaban J connectivity index is 1.58. The molecule has 1 amide bonds. The summed E-state index contributed by atoms with van der Waals surface area (Å²) in [6.45, 7) is 1.83. The van der Waals surface area contributed by atoms with Crippen molar-refractivity contribution in [3.05, 3.63) is 86.5 Å². The van der Waals surface area contributed by atoms with Crippen molar-refractivity contribution in [2.75, 3.05) is 11.1 Å². The molecule has 0 saturated heterocycles. The van der Waals surface area contributed by atoms with Crippen molar-refractivity contribution in [2.45, 2.75) is 31.3 Å². The van der Waals surface area contributed by atoms with Crippen LogP contribution in [0, 0.1) is 12.7 Å². The molecule has 0 spiro atoms. The first-order valence-electron chi connectivity index (χ1n) is 9.83. The second-order valence-corrected chi connectivity index (χ2v) is 8.61. The Morgan fingerprint density at radius 1 is 1.23 bits per heavy atom. The minimum atomic E-state index is -0.460. The number of benzene rings is 2. The van der Waals surface area contributed by atoms with E-state index in [9.17, 15) is 14.0 Å². The predicted molar refractivity (Wildman–Crippen MR) is 123 cm³/mol. The number of para-hydroxylation sites is 1. The van der Waals surface area contributed by atoms with Crippen LogP contribution in [0.15, 0.2) is 58.5 Å². The van der Waals surface area contributed by atoms with E-state index in [1.165, 1.54) is 28.5 Å². The Morgan fingerprint density at radius 3 is 2.74 bits per heavy atom. The lowest BCUT2D eigenvalue weighted by molar-refractivity contribution is -0.116. The van der Waals surface area contributed by atoms with Crippen molar-refractivity contribution in [1.82, 2.24) is 9.55 Å². The van der Waals surface area contributed by atoms with Gasteiger partial charge in [0, 0.05) is 41.9 Å². The molecule has 8 heteroatoms. The first-order chi connectivity index (χ1) is 14.8. The number of anilines is 1. The first kappa shape index (κ1) is 23.0. The minimum Gasteiger partial charge on any atom is -0.324 e. The molecule has 3 rings (SSSR count). The molecule has 0 aliphatic carbocycles. The zero-order chi connectivity index (χ0) is 22.4. The SMILES string of the molecule is Cc1nc(SCCCC(=O)Nc2ccccc2F)n(C)c(=O)c1Cc1cccc(Cl)c1. The van der Waals surface area contributed by atoms with Gasteiger partial charge in [-0.3, -0.25) is 14.2 Å². The van der Waals surface area contributed by atoms with E-state index >= 15 is 0 Å². The van der Waals surface area contributed by atoms with Crippen LogP contribution in [-0.4, -0.2) is 21.2 Å². The Hall–Kier alpha value is -2.64. The smallest absolute Gasteiger partial charge is 0.257 e. The van der Waals surface area contributed by atoms with Crippen LogP contribution < -0.4 is 10.9 Å². The lowest BCUT2D eigenvalue weighted by Gasteiger charge is -2.12. The summed E-state index contributed by atoms with van der Waals surface area (Å²) in [7, 11) is 1.70. The van der Waals surface area contributed by atoms with Crippen molar-refractivity contribution in [2.24, 2.45) is 7.05 Å². The van der Waals surface area contributed by atoms with Gasteiger partial charge in [-0.15, -0.1) is 0 Å². The molecule has 0 aliphatic rings. The molecule has 1 aromatic heterocycles. The molecule has 3 aromatic rings. The molecular formula is C23H23ClFN3O2S. The highest BCUT2D eigenvalue weighted by atomic mass is 35.5. The summed E-state index contributed by atoms with van der Waals surface area (Å²) in [4.78, 5) is 29.5. The molecule has 1 heterocycles. The highest BCUT2D eigenvalue weighted by molar-refractivity contribution is 7.99. The van der Waals surface area contributed by atoms with Crippen LogP contribution in [0.1, 0.15) is 29.7 Å². The highest BCUT2D eigenvalue weighted by Gasteiger charge is 2.13. The predicted octanol–water partition coefficient (Wildman–Crippen LogP) is 4.98. The number of hydrogen-bond donors (Lipinski definition) is 1. The fraction of sp³-hybridized carbons (Fsp3) is 0.261.